The fourth-order valence-corrected chi connectivity index (χ4v) is 3.23. The number of nitrogens with zero attached hydrogens (tertiary/aromatic N) is 3. The fourth-order valence-electron chi connectivity index (χ4n) is 3.23. The van der Waals surface area contributed by atoms with Crippen LogP contribution in [0.3, 0.4) is 0 Å². The van der Waals surface area contributed by atoms with E-state index in [4.69, 9.17) is 4.74 Å². The minimum absolute atomic E-state index is 0.217. The van der Waals surface area contributed by atoms with Crippen molar-refractivity contribution in [3.05, 3.63) is 47.8 Å². The number of H-pyrrole nitrogens is 1. The first-order valence-electron chi connectivity index (χ1n) is 8.01. The molecule has 1 aliphatic rings. The van der Waals surface area contributed by atoms with E-state index >= 15 is 0 Å². The summed E-state index contributed by atoms with van der Waals surface area (Å²) in [7, 11) is 1.44. The van der Waals surface area contributed by atoms with Crippen LogP contribution in [0.5, 0.6) is 0 Å². The lowest BCUT2D eigenvalue weighted by molar-refractivity contribution is -0.155. The maximum Gasteiger partial charge on any atom is 0.259 e. The highest BCUT2D eigenvalue weighted by atomic mass is 19.1. The van der Waals surface area contributed by atoms with Crippen molar-refractivity contribution in [2.24, 2.45) is 0 Å². The summed E-state index contributed by atoms with van der Waals surface area (Å²) in [5.74, 6) is 0.461. The van der Waals surface area contributed by atoms with Crippen LogP contribution in [0.4, 0.5) is 4.39 Å². The van der Waals surface area contributed by atoms with Crippen LogP contribution in [0, 0.1) is 5.82 Å². The largest absolute Gasteiger partial charge is 0.364 e. The van der Waals surface area contributed by atoms with Gasteiger partial charge in [-0.2, -0.15) is 5.10 Å². The summed E-state index contributed by atoms with van der Waals surface area (Å²) in [6.45, 7) is 2.78. The number of hydrogen-bond acceptors (Lipinski definition) is 4. The second kappa shape index (κ2) is 6.68. The summed E-state index contributed by atoms with van der Waals surface area (Å²) in [6.07, 6.45) is 3.07. The number of hydrogen-bond donors (Lipinski definition) is 1. The summed E-state index contributed by atoms with van der Waals surface area (Å²) in [6, 6.07) is 6.25. The minimum atomic E-state index is -1.33. The molecule has 24 heavy (non-hydrogen) atoms. The van der Waals surface area contributed by atoms with E-state index < -0.39 is 11.4 Å². The second-order valence-corrected chi connectivity index (χ2v) is 6.15. The Labute approximate surface area is 140 Å². The molecule has 1 amide bonds. The minimum Gasteiger partial charge on any atom is -0.364 e. The highest BCUT2D eigenvalue weighted by Gasteiger charge is 2.41. The molecule has 2 heterocycles. The molecule has 0 saturated carbocycles. The molecule has 1 saturated heterocycles. The topological polar surface area (TPSA) is 71.1 Å². The molecular formula is C17H21FN4O2. The number of rotatable bonds is 4. The van der Waals surface area contributed by atoms with Crippen molar-refractivity contribution < 1.29 is 13.9 Å². The van der Waals surface area contributed by atoms with Crippen LogP contribution in [0.1, 0.15) is 37.1 Å². The number of methoxy groups -OCH3 is 1. The normalized spacial score (nSPS) is 18.4. The molecule has 1 N–H and O–H groups in total. The first-order valence-corrected chi connectivity index (χ1v) is 8.01. The van der Waals surface area contributed by atoms with E-state index in [-0.39, 0.29) is 17.4 Å². The Bertz CT molecular complexity index is 698. The highest BCUT2D eigenvalue weighted by Crippen LogP contribution is 2.32. The average molecular weight is 332 g/mol. The van der Waals surface area contributed by atoms with E-state index in [0.29, 0.717) is 13.1 Å². The van der Waals surface area contributed by atoms with Crippen LogP contribution in [0.2, 0.25) is 0 Å². The van der Waals surface area contributed by atoms with Gasteiger partial charge in [-0.25, -0.2) is 9.37 Å². The monoisotopic (exact) mass is 332 g/mol. The smallest absolute Gasteiger partial charge is 0.259 e. The van der Waals surface area contributed by atoms with Gasteiger partial charge in [0.05, 0.1) is 0 Å². The second-order valence-electron chi connectivity index (χ2n) is 6.15. The van der Waals surface area contributed by atoms with Crippen LogP contribution in [0.25, 0.3) is 0 Å². The summed E-state index contributed by atoms with van der Waals surface area (Å²) < 4.78 is 19.6. The molecule has 0 radical (unpaired) electrons. The Hall–Kier alpha value is -2.28. The van der Waals surface area contributed by atoms with Crippen LogP contribution in [-0.4, -0.2) is 46.2 Å². The van der Waals surface area contributed by atoms with Crippen molar-refractivity contribution in [1.82, 2.24) is 20.1 Å². The van der Waals surface area contributed by atoms with Gasteiger partial charge in [-0.1, -0.05) is 18.2 Å². The quantitative estimate of drug-likeness (QED) is 0.932. The van der Waals surface area contributed by atoms with Gasteiger partial charge in [-0.3, -0.25) is 9.89 Å². The molecule has 1 aromatic carbocycles. The van der Waals surface area contributed by atoms with Gasteiger partial charge < -0.3 is 9.64 Å². The summed E-state index contributed by atoms with van der Waals surface area (Å²) in [4.78, 5) is 18.9. The molecule has 3 rings (SSSR count). The number of amides is 1. The average Bonchev–Trinajstić information content (AvgIpc) is 3.15. The van der Waals surface area contributed by atoms with Gasteiger partial charge in [0.15, 0.2) is 5.60 Å². The maximum atomic E-state index is 14.2. The molecule has 0 aliphatic carbocycles. The van der Waals surface area contributed by atoms with Gasteiger partial charge >= 0.3 is 0 Å². The molecule has 1 aromatic heterocycles. The van der Waals surface area contributed by atoms with E-state index in [9.17, 15) is 9.18 Å². The molecule has 0 bridgehead atoms. The van der Waals surface area contributed by atoms with E-state index in [1.165, 1.54) is 19.5 Å². The van der Waals surface area contributed by atoms with E-state index in [2.05, 4.69) is 15.2 Å². The Morgan fingerprint density at radius 3 is 2.67 bits per heavy atom. The third-order valence-electron chi connectivity index (χ3n) is 4.81. The Morgan fingerprint density at radius 1 is 1.38 bits per heavy atom. The lowest BCUT2D eigenvalue weighted by Gasteiger charge is -2.37. The van der Waals surface area contributed by atoms with Crippen molar-refractivity contribution in [1.29, 1.82) is 0 Å². The van der Waals surface area contributed by atoms with Crippen LogP contribution in [-0.2, 0) is 15.1 Å². The van der Waals surface area contributed by atoms with Crippen molar-refractivity contribution in [2.45, 2.75) is 31.3 Å². The van der Waals surface area contributed by atoms with Crippen molar-refractivity contribution >= 4 is 5.91 Å². The fraction of sp³-hybridized carbons (Fsp3) is 0.471. The predicted octanol–water partition coefficient (Wildman–Crippen LogP) is 2.21. The Morgan fingerprint density at radius 2 is 2.08 bits per heavy atom. The molecule has 1 fully saturated rings. The predicted molar refractivity (Wildman–Crippen MR) is 85.7 cm³/mol. The van der Waals surface area contributed by atoms with Crippen molar-refractivity contribution in [2.75, 3.05) is 20.2 Å². The number of halogens is 1. The number of carbonyl (C=O) groups is 1. The first-order chi connectivity index (χ1) is 11.6. The summed E-state index contributed by atoms with van der Waals surface area (Å²) >= 11 is 0. The lowest BCUT2D eigenvalue weighted by Crippen LogP contribution is -2.49. The highest BCUT2D eigenvalue weighted by molar-refractivity contribution is 5.86. The zero-order valence-corrected chi connectivity index (χ0v) is 13.8. The molecule has 1 unspecified atom stereocenters. The zero-order chi connectivity index (χ0) is 17.2. The molecule has 7 heteroatoms. The number of ether oxygens (including phenoxy) is 1. The van der Waals surface area contributed by atoms with Gasteiger partial charge in [-0.05, 0) is 25.8 Å². The number of piperidine rings is 1. The van der Waals surface area contributed by atoms with Crippen molar-refractivity contribution in [3.63, 3.8) is 0 Å². The number of aromatic amines is 1. The standard InChI is InChI=1S/C17H21FN4O2/c1-17(24-2,13-5-3-4-6-14(13)18)16(23)22-9-7-12(8-10-22)15-19-11-20-21-15/h3-6,11-12H,7-10H2,1-2H3,(H,19,20,21). The summed E-state index contributed by atoms with van der Waals surface area (Å²) in [5, 5.41) is 6.76. The van der Waals surface area contributed by atoms with Crippen LogP contribution >= 0.6 is 0 Å². The molecular weight excluding hydrogens is 311 g/mol. The molecule has 1 atom stereocenters. The molecule has 128 valence electrons. The van der Waals surface area contributed by atoms with E-state index in [1.54, 1.807) is 30.0 Å². The van der Waals surface area contributed by atoms with Gasteiger partial charge in [0, 0.05) is 31.7 Å². The van der Waals surface area contributed by atoms with Gasteiger partial charge in [0.1, 0.15) is 18.0 Å². The lowest BCUT2D eigenvalue weighted by atomic mass is 9.90. The SMILES string of the molecule is COC(C)(C(=O)N1CCC(c2ncn[nH]2)CC1)c1ccccc1F. The molecule has 0 spiro atoms. The van der Waals surface area contributed by atoms with Gasteiger partial charge in [0.2, 0.25) is 0 Å². The molecule has 6 nitrogen and oxygen atoms in total. The number of nitrogens with one attached hydrogen (secondary N) is 1. The number of aromatic nitrogens is 3. The zero-order valence-electron chi connectivity index (χ0n) is 13.8. The van der Waals surface area contributed by atoms with E-state index in [1.807, 2.05) is 0 Å². The third kappa shape index (κ3) is 2.91. The Kier molecular flexibility index (Phi) is 4.62. The number of carbonyl (C=O) groups excluding carboxylic acids is 1. The Balaban J connectivity index is 1.75. The third-order valence-corrected chi connectivity index (χ3v) is 4.81. The van der Waals surface area contributed by atoms with Gasteiger partial charge in [0.25, 0.3) is 5.91 Å². The van der Waals surface area contributed by atoms with E-state index in [0.717, 1.165) is 18.7 Å². The van der Waals surface area contributed by atoms with Crippen LogP contribution in [0.15, 0.2) is 30.6 Å². The first kappa shape index (κ1) is 16.6. The van der Waals surface area contributed by atoms with Gasteiger partial charge in [-0.15, -0.1) is 0 Å². The maximum absolute atomic E-state index is 14.2. The summed E-state index contributed by atoms with van der Waals surface area (Å²) in [5.41, 5.74) is -1.07. The number of likely N-dealkylation sites (tertiary alicyclic amines) is 1. The van der Waals surface area contributed by atoms with Crippen molar-refractivity contribution in [3.8, 4) is 0 Å². The molecule has 2 aromatic rings. The molecule has 1 aliphatic heterocycles. The van der Waals surface area contributed by atoms with Crippen LogP contribution < -0.4 is 0 Å². The number of benzene rings is 1.